The summed E-state index contributed by atoms with van der Waals surface area (Å²) in [5.74, 6) is 0.473. The highest BCUT2D eigenvalue weighted by Crippen LogP contribution is 2.23. The lowest BCUT2D eigenvalue weighted by atomic mass is 10.1. The van der Waals surface area contributed by atoms with E-state index in [-0.39, 0.29) is 5.78 Å². The van der Waals surface area contributed by atoms with Crippen molar-refractivity contribution in [2.75, 3.05) is 7.11 Å². The molecule has 0 aliphatic heterocycles. The maximum absolute atomic E-state index is 11.2. The number of ketones is 1. The number of halogens is 1. The van der Waals surface area contributed by atoms with E-state index in [1.54, 1.807) is 12.1 Å². The molecule has 0 N–H and O–H groups in total. The average molecular weight is 304 g/mol. The Labute approximate surface area is 95.6 Å². The summed E-state index contributed by atoms with van der Waals surface area (Å²) < 4.78 is 5.73. The van der Waals surface area contributed by atoms with Crippen LogP contribution >= 0.6 is 22.6 Å². The van der Waals surface area contributed by atoms with Crippen LogP contribution in [0.25, 0.3) is 0 Å². The van der Waals surface area contributed by atoms with Crippen molar-refractivity contribution in [3.05, 3.63) is 26.8 Å². The van der Waals surface area contributed by atoms with Crippen LogP contribution in [-0.4, -0.2) is 19.2 Å². The van der Waals surface area contributed by atoms with Crippen LogP contribution in [0, 0.1) is 3.57 Å². The van der Waals surface area contributed by atoms with E-state index in [1.807, 2.05) is 22.6 Å². The third-order valence-corrected chi connectivity index (χ3v) is 2.66. The second-order valence-corrected chi connectivity index (χ2v) is 3.91. The first kappa shape index (κ1) is 11.2. The van der Waals surface area contributed by atoms with Gasteiger partial charge in [0, 0.05) is 14.7 Å². The predicted octanol–water partition coefficient (Wildman–Crippen LogP) is 2.31. The summed E-state index contributed by atoms with van der Waals surface area (Å²) in [5.41, 5.74) is 0.836. The standard InChI is InChI=1S/C10H9IO3/c1-6(13)10-7(5-12)3-8(14-2)4-9(10)11/h3-5H,1-2H3. The summed E-state index contributed by atoms with van der Waals surface area (Å²) in [6, 6.07) is 3.29. The number of carbonyl (C=O) groups excluding carboxylic acids is 2. The Morgan fingerprint density at radius 2 is 2.14 bits per heavy atom. The predicted molar refractivity (Wildman–Crippen MR) is 61.1 cm³/mol. The number of methoxy groups -OCH3 is 1. The monoisotopic (exact) mass is 304 g/mol. The summed E-state index contributed by atoms with van der Waals surface area (Å²) >= 11 is 2.01. The minimum atomic E-state index is -0.112. The topological polar surface area (TPSA) is 43.4 Å². The van der Waals surface area contributed by atoms with Gasteiger partial charge in [-0.25, -0.2) is 0 Å². The van der Waals surface area contributed by atoms with Crippen molar-refractivity contribution in [3.63, 3.8) is 0 Å². The number of hydrogen-bond acceptors (Lipinski definition) is 3. The Morgan fingerprint density at radius 3 is 2.57 bits per heavy atom. The number of carbonyl (C=O) groups is 2. The van der Waals surface area contributed by atoms with Gasteiger partial charge >= 0.3 is 0 Å². The molecule has 0 aromatic heterocycles. The van der Waals surface area contributed by atoms with E-state index in [9.17, 15) is 9.59 Å². The van der Waals surface area contributed by atoms with Crippen LogP contribution < -0.4 is 4.74 Å². The van der Waals surface area contributed by atoms with Crippen molar-refractivity contribution >= 4 is 34.7 Å². The molecule has 14 heavy (non-hydrogen) atoms. The van der Waals surface area contributed by atoms with Crippen molar-refractivity contribution in [3.8, 4) is 5.75 Å². The Balaban J connectivity index is 3.42. The molecule has 0 fully saturated rings. The van der Waals surface area contributed by atoms with E-state index < -0.39 is 0 Å². The molecule has 0 saturated carbocycles. The third-order valence-electron chi connectivity index (χ3n) is 1.81. The van der Waals surface area contributed by atoms with Gasteiger partial charge in [0.25, 0.3) is 0 Å². The molecular weight excluding hydrogens is 295 g/mol. The molecule has 4 heteroatoms. The Kier molecular flexibility index (Phi) is 3.62. The number of hydrogen-bond donors (Lipinski definition) is 0. The summed E-state index contributed by atoms with van der Waals surface area (Å²) in [6.07, 6.45) is 0.668. The number of Topliss-reactive ketones (excluding diaryl/α,β-unsaturated/α-hetero) is 1. The fraction of sp³-hybridized carbons (Fsp3) is 0.200. The fourth-order valence-corrected chi connectivity index (χ4v) is 2.18. The second-order valence-electron chi connectivity index (χ2n) is 2.75. The smallest absolute Gasteiger partial charge is 0.161 e. The van der Waals surface area contributed by atoms with Crippen molar-refractivity contribution in [1.82, 2.24) is 0 Å². The minimum absolute atomic E-state index is 0.112. The van der Waals surface area contributed by atoms with E-state index >= 15 is 0 Å². The molecule has 1 rings (SSSR count). The minimum Gasteiger partial charge on any atom is -0.497 e. The zero-order valence-electron chi connectivity index (χ0n) is 7.83. The zero-order chi connectivity index (χ0) is 10.7. The highest BCUT2D eigenvalue weighted by Gasteiger charge is 2.12. The summed E-state index contributed by atoms with van der Waals surface area (Å²) in [5, 5.41) is 0. The number of benzene rings is 1. The van der Waals surface area contributed by atoms with E-state index in [2.05, 4.69) is 0 Å². The summed E-state index contributed by atoms with van der Waals surface area (Å²) in [4.78, 5) is 22.0. The molecule has 3 nitrogen and oxygen atoms in total. The molecule has 0 atom stereocenters. The van der Waals surface area contributed by atoms with Gasteiger partial charge in [-0.15, -0.1) is 0 Å². The van der Waals surface area contributed by atoms with Crippen molar-refractivity contribution in [1.29, 1.82) is 0 Å². The third kappa shape index (κ3) is 2.12. The van der Waals surface area contributed by atoms with Gasteiger partial charge in [0.15, 0.2) is 12.1 Å². The highest BCUT2D eigenvalue weighted by atomic mass is 127. The summed E-state index contributed by atoms with van der Waals surface area (Å²) in [7, 11) is 1.52. The molecule has 0 unspecified atom stereocenters. The van der Waals surface area contributed by atoms with Crippen LogP contribution in [-0.2, 0) is 0 Å². The molecule has 0 amide bonds. The van der Waals surface area contributed by atoms with E-state index in [0.717, 1.165) is 3.57 Å². The molecule has 1 aromatic carbocycles. The number of rotatable bonds is 3. The molecule has 0 saturated heterocycles. The van der Waals surface area contributed by atoms with Crippen molar-refractivity contribution in [2.24, 2.45) is 0 Å². The molecule has 0 spiro atoms. The van der Waals surface area contributed by atoms with E-state index in [4.69, 9.17) is 4.74 Å². The number of aldehydes is 1. The Morgan fingerprint density at radius 1 is 1.50 bits per heavy atom. The summed E-state index contributed by atoms with van der Waals surface area (Å²) in [6.45, 7) is 1.44. The van der Waals surface area contributed by atoms with Crippen molar-refractivity contribution < 1.29 is 14.3 Å². The Hall–Kier alpha value is -0.910. The lowest BCUT2D eigenvalue weighted by Crippen LogP contribution is -2.03. The average Bonchev–Trinajstić information content (AvgIpc) is 2.15. The first-order valence-corrected chi connectivity index (χ1v) is 5.01. The van der Waals surface area contributed by atoms with E-state index in [1.165, 1.54) is 14.0 Å². The molecule has 0 bridgehead atoms. The van der Waals surface area contributed by atoms with Gasteiger partial charge in [-0.3, -0.25) is 9.59 Å². The molecule has 0 aliphatic rings. The highest BCUT2D eigenvalue weighted by molar-refractivity contribution is 14.1. The van der Waals surface area contributed by atoms with Gasteiger partial charge in [0.1, 0.15) is 5.75 Å². The quantitative estimate of drug-likeness (QED) is 0.489. The second kappa shape index (κ2) is 4.54. The zero-order valence-corrected chi connectivity index (χ0v) is 9.99. The molecular formula is C10H9IO3. The molecule has 0 heterocycles. The molecule has 0 aliphatic carbocycles. The van der Waals surface area contributed by atoms with Gasteiger partial charge in [0.2, 0.25) is 0 Å². The van der Waals surface area contributed by atoms with Crippen LogP contribution in [0.2, 0.25) is 0 Å². The van der Waals surface area contributed by atoms with Crippen molar-refractivity contribution in [2.45, 2.75) is 6.92 Å². The van der Waals surface area contributed by atoms with Gasteiger partial charge in [-0.2, -0.15) is 0 Å². The Bertz CT molecular complexity index is 385. The largest absolute Gasteiger partial charge is 0.497 e. The fourth-order valence-electron chi connectivity index (χ4n) is 1.18. The van der Waals surface area contributed by atoms with Crippen LogP contribution in [0.1, 0.15) is 27.6 Å². The maximum Gasteiger partial charge on any atom is 0.161 e. The molecule has 0 radical (unpaired) electrons. The van der Waals surface area contributed by atoms with Gasteiger partial charge in [-0.1, -0.05) is 0 Å². The van der Waals surface area contributed by atoms with Crippen LogP contribution in [0.15, 0.2) is 12.1 Å². The van der Waals surface area contributed by atoms with Gasteiger partial charge in [-0.05, 0) is 41.6 Å². The van der Waals surface area contributed by atoms with Gasteiger partial charge in [0.05, 0.1) is 7.11 Å². The van der Waals surface area contributed by atoms with Crippen LogP contribution in [0.4, 0.5) is 0 Å². The lowest BCUT2D eigenvalue weighted by molar-refractivity contribution is 0.100. The van der Waals surface area contributed by atoms with E-state index in [0.29, 0.717) is 23.2 Å². The number of ether oxygens (including phenoxy) is 1. The first-order valence-electron chi connectivity index (χ1n) is 3.93. The van der Waals surface area contributed by atoms with Gasteiger partial charge < -0.3 is 4.74 Å². The normalized spacial score (nSPS) is 9.64. The molecule has 1 aromatic rings. The van der Waals surface area contributed by atoms with Crippen LogP contribution in [0.5, 0.6) is 5.75 Å². The first-order chi connectivity index (χ1) is 6.60. The molecule has 74 valence electrons. The maximum atomic E-state index is 11.2. The lowest BCUT2D eigenvalue weighted by Gasteiger charge is -2.07. The SMILES string of the molecule is COc1cc(I)c(C(C)=O)c(C=O)c1. The van der Waals surface area contributed by atoms with Crippen LogP contribution in [0.3, 0.4) is 0 Å².